The molecule has 1 fully saturated rings. The first kappa shape index (κ1) is 13.0. The molecule has 6 heteroatoms. The zero-order valence-electron chi connectivity index (χ0n) is 10.2. The Kier molecular flexibility index (Phi) is 3.68. The number of fused-ring (bicyclic) bond motifs is 1. The van der Waals surface area contributed by atoms with Crippen LogP contribution in [0.1, 0.15) is 20.3 Å². The van der Waals surface area contributed by atoms with Crippen molar-refractivity contribution in [1.82, 2.24) is 0 Å². The lowest BCUT2D eigenvalue weighted by Crippen LogP contribution is -2.34. The highest BCUT2D eigenvalue weighted by molar-refractivity contribution is 5.78. The smallest absolute Gasteiger partial charge is 0.338 e. The lowest BCUT2D eigenvalue weighted by atomic mass is 10.1. The molecule has 6 nitrogen and oxygen atoms in total. The van der Waals surface area contributed by atoms with Crippen LogP contribution in [0.25, 0.3) is 0 Å². The number of carbonyl (C=O) groups excluding carboxylic acids is 2. The van der Waals surface area contributed by atoms with Gasteiger partial charge in [-0.25, -0.2) is 4.79 Å². The van der Waals surface area contributed by atoms with Crippen molar-refractivity contribution in [3.05, 3.63) is 12.2 Å². The van der Waals surface area contributed by atoms with Gasteiger partial charge in [0.15, 0.2) is 6.10 Å². The van der Waals surface area contributed by atoms with E-state index in [2.05, 4.69) is 0 Å². The van der Waals surface area contributed by atoms with Gasteiger partial charge in [0.05, 0.1) is 6.10 Å². The van der Waals surface area contributed by atoms with Crippen molar-refractivity contribution in [3.8, 4) is 0 Å². The molecule has 1 saturated heterocycles. The number of aliphatic hydroxyl groups excluding tert-OH is 1. The molecule has 0 spiro atoms. The van der Waals surface area contributed by atoms with E-state index in [0.29, 0.717) is 0 Å². The van der Waals surface area contributed by atoms with Crippen molar-refractivity contribution in [2.45, 2.75) is 50.8 Å². The second kappa shape index (κ2) is 5.07. The molecule has 0 bridgehead atoms. The number of epoxide rings is 1. The second-order valence-corrected chi connectivity index (χ2v) is 4.53. The van der Waals surface area contributed by atoms with E-state index in [-0.39, 0.29) is 12.5 Å². The summed E-state index contributed by atoms with van der Waals surface area (Å²) >= 11 is 0. The Morgan fingerprint density at radius 3 is 2.89 bits per heavy atom. The minimum atomic E-state index is -0.914. The van der Waals surface area contributed by atoms with Crippen molar-refractivity contribution < 1.29 is 28.9 Å². The van der Waals surface area contributed by atoms with Gasteiger partial charge < -0.3 is 19.3 Å². The summed E-state index contributed by atoms with van der Waals surface area (Å²) in [6, 6.07) is 0. The highest BCUT2D eigenvalue weighted by atomic mass is 16.6. The van der Waals surface area contributed by atoms with Crippen LogP contribution in [0, 0.1) is 0 Å². The van der Waals surface area contributed by atoms with Crippen molar-refractivity contribution in [2.75, 3.05) is 0 Å². The Balaban J connectivity index is 2.11. The number of ether oxygens (including phenoxy) is 3. The van der Waals surface area contributed by atoms with Crippen LogP contribution in [0.5, 0.6) is 0 Å². The maximum Gasteiger partial charge on any atom is 0.338 e. The fourth-order valence-corrected chi connectivity index (χ4v) is 1.90. The maximum atomic E-state index is 11.5. The topological polar surface area (TPSA) is 85.4 Å². The number of carbonyl (C=O) groups is 2. The van der Waals surface area contributed by atoms with Crippen LogP contribution in [-0.4, -0.2) is 47.6 Å². The summed E-state index contributed by atoms with van der Waals surface area (Å²) in [5.74, 6) is -0.894. The van der Waals surface area contributed by atoms with E-state index in [1.54, 1.807) is 19.1 Å². The summed E-state index contributed by atoms with van der Waals surface area (Å²) in [7, 11) is 0. The molecule has 0 aliphatic carbocycles. The fourth-order valence-electron chi connectivity index (χ4n) is 1.90. The molecule has 2 aliphatic heterocycles. The minimum absolute atomic E-state index is 0.200. The molecule has 100 valence electrons. The number of rotatable bonds is 1. The van der Waals surface area contributed by atoms with E-state index in [4.69, 9.17) is 14.2 Å². The molecule has 1 N–H and O–H groups in total. The van der Waals surface area contributed by atoms with E-state index >= 15 is 0 Å². The molecule has 2 aliphatic rings. The van der Waals surface area contributed by atoms with Gasteiger partial charge in [-0.05, 0) is 13.0 Å². The van der Waals surface area contributed by atoms with Crippen molar-refractivity contribution in [3.63, 3.8) is 0 Å². The Labute approximate surface area is 105 Å². The van der Waals surface area contributed by atoms with Crippen molar-refractivity contribution in [1.29, 1.82) is 0 Å². The van der Waals surface area contributed by atoms with Crippen LogP contribution < -0.4 is 0 Å². The Morgan fingerprint density at radius 1 is 1.50 bits per heavy atom. The normalized spacial score (nSPS) is 39.5. The number of cyclic esters (lactones) is 1. The van der Waals surface area contributed by atoms with Gasteiger partial charge in [-0.15, -0.1) is 0 Å². The average Bonchev–Trinajstić information content (AvgIpc) is 3.01. The Hall–Kier alpha value is -1.40. The highest BCUT2D eigenvalue weighted by Crippen LogP contribution is 2.27. The van der Waals surface area contributed by atoms with Gasteiger partial charge >= 0.3 is 11.9 Å². The highest BCUT2D eigenvalue weighted by Gasteiger charge is 2.46. The number of hydrogen-bond donors (Lipinski definition) is 1. The average molecular weight is 256 g/mol. The molecule has 0 saturated carbocycles. The van der Waals surface area contributed by atoms with Gasteiger partial charge in [0.2, 0.25) is 0 Å². The van der Waals surface area contributed by atoms with Gasteiger partial charge in [0, 0.05) is 13.3 Å². The summed E-state index contributed by atoms with van der Waals surface area (Å²) in [6.07, 6.45) is 0.327. The van der Waals surface area contributed by atoms with Crippen LogP contribution in [0.15, 0.2) is 12.2 Å². The third-order valence-corrected chi connectivity index (χ3v) is 2.82. The predicted octanol–water partition coefficient (Wildman–Crippen LogP) is -0.0620. The maximum absolute atomic E-state index is 11.5. The van der Waals surface area contributed by atoms with Crippen LogP contribution in [0.4, 0.5) is 0 Å². The van der Waals surface area contributed by atoms with Crippen molar-refractivity contribution >= 4 is 11.9 Å². The summed E-state index contributed by atoms with van der Waals surface area (Å²) in [5.41, 5.74) is 0. The van der Waals surface area contributed by atoms with Gasteiger partial charge in [0.1, 0.15) is 18.3 Å². The summed E-state index contributed by atoms with van der Waals surface area (Å²) in [5, 5.41) is 9.94. The van der Waals surface area contributed by atoms with Gasteiger partial charge in [0.25, 0.3) is 0 Å². The monoisotopic (exact) mass is 256 g/mol. The van der Waals surface area contributed by atoms with Crippen LogP contribution >= 0.6 is 0 Å². The molecular weight excluding hydrogens is 240 g/mol. The standard InChI is InChI=1S/C12H16O6/c1-6-5-8(14)9(17-7(2)13)3-4-10-11(18-10)12(15)16-6/h3-4,6,8-11,14H,5H2,1-2H3/t6-,8-,9+,10+,11+/m1/s1. The molecular formula is C12H16O6. The third kappa shape index (κ3) is 3.08. The Bertz CT molecular complexity index is 377. The Morgan fingerprint density at radius 2 is 2.22 bits per heavy atom. The molecule has 0 aromatic carbocycles. The van der Waals surface area contributed by atoms with Gasteiger partial charge in [-0.2, -0.15) is 0 Å². The van der Waals surface area contributed by atoms with Crippen molar-refractivity contribution in [2.24, 2.45) is 0 Å². The van der Waals surface area contributed by atoms with Crippen LogP contribution in [0.3, 0.4) is 0 Å². The molecule has 0 aromatic heterocycles. The van der Waals surface area contributed by atoms with E-state index < -0.39 is 36.4 Å². The number of hydrogen-bond acceptors (Lipinski definition) is 6. The molecule has 18 heavy (non-hydrogen) atoms. The molecule has 5 atom stereocenters. The summed E-state index contributed by atoms with van der Waals surface area (Å²) in [4.78, 5) is 22.5. The minimum Gasteiger partial charge on any atom is -0.461 e. The van der Waals surface area contributed by atoms with E-state index in [1.807, 2.05) is 0 Å². The molecule has 0 aromatic rings. The first-order valence-corrected chi connectivity index (χ1v) is 5.87. The predicted molar refractivity (Wildman–Crippen MR) is 59.5 cm³/mol. The van der Waals surface area contributed by atoms with E-state index in [9.17, 15) is 14.7 Å². The fraction of sp³-hybridized carbons (Fsp3) is 0.667. The third-order valence-electron chi connectivity index (χ3n) is 2.82. The second-order valence-electron chi connectivity index (χ2n) is 4.53. The van der Waals surface area contributed by atoms with Crippen LogP contribution in [-0.2, 0) is 23.8 Å². The molecule has 2 rings (SSSR count). The number of esters is 2. The largest absolute Gasteiger partial charge is 0.461 e. The zero-order chi connectivity index (χ0) is 13.3. The van der Waals surface area contributed by atoms with E-state index in [0.717, 1.165) is 0 Å². The first-order chi connectivity index (χ1) is 8.47. The summed E-state index contributed by atoms with van der Waals surface area (Å²) < 4.78 is 15.2. The lowest BCUT2D eigenvalue weighted by Gasteiger charge is -2.23. The van der Waals surface area contributed by atoms with Crippen LogP contribution in [0.2, 0.25) is 0 Å². The number of aliphatic hydroxyl groups is 1. The summed E-state index contributed by atoms with van der Waals surface area (Å²) in [6.45, 7) is 2.95. The molecule has 0 radical (unpaired) electrons. The van der Waals surface area contributed by atoms with E-state index in [1.165, 1.54) is 6.92 Å². The quantitative estimate of drug-likeness (QED) is 0.402. The van der Waals surface area contributed by atoms with Gasteiger partial charge in [-0.1, -0.05) is 6.08 Å². The molecule has 0 amide bonds. The zero-order valence-corrected chi connectivity index (χ0v) is 10.2. The lowest BCUT2D eigenvalue weighted by molar-refractivity contribution is -0.156. The molecule has 0 unspecified atom stereocenters. The first-order valence-electron chi connectivity index (χ1n) is 5.87. The molecule has 2 heterocycles. The van der Waals surface area contributed by atoms with Gasteiger partial charge in [-0.3, -0.25) is 4.79 Å². The SMILES string of the molecule is CC(=O)O[C@H]1C=C[C@@H]2O[C@@H]2C(=O)O[C@H](C)C[C@H]1O.